The van der Waals surface area contributed by atoms with E-state index in [1.165, 1.54) is 12.1 Å². The Morgan fingerprint density at radius 1 is 1.18 bits per heavy atom. The molecule has 9 heteroatoms. The standard InChI is InChI=1S/C19H21NO7S/c1-2-16(21)26-19-11-13-8-14(12-19)10-18(9-13,20(22)23)17(19)27-28(24,25)15-6-4-3-5-7-15/h2-7,13-14,17H,1,8-12H2. The Bertz CT molecular complexity index is 913. The first-order chi connectivity index (χ1) is 13.2. The van der Waals surface area contributed by atoms with Crippen molar-refractivity contribution < 1.29 is 27.1 Å². The minimum absolute atomic E-state index is 0.00482. The van der Waals surface area contributed by atoms with Crippen molar-refractivity contribution in [2.45, 2.75) is 54.2 Å². The Kier molecular flexibility index (Phi) is 4.35. The summed E-state index contributed by atoms with van der Waals surface area (Å²) in [5, 5.41) is 12.2. The fourth-order valence-electron chi connectivity index (χ4n) is 5.58. The van der Waals surface area contributed by atoms with Gasteiger partial charge in [0.05, 0.1) is 4.90 Å². The lowest BCUT2D eigenvalue weighted by Crippen LogP contribution is -2.73. The molecule has 8 nitrogen and oxygen atoms in total. The number of carbonyl (C=O) groups excluding carboxylic acids is 1. The van der Waals surface area contributed by atoms with Gasteiger partial charge < -0.3 is 4.74 Å². The van der Waals surface area contributed by atoms with Crippen molar-refractivity contribution >= 4 is 16.1 Å². The van der Waals surface area contributed by atoms with Gasteiger partial charge in [-0.2, -0.15) is 8.42 Å². The van der Waals surface area contributed by atoms with E-state index in [0.717, 1.165) is 12.5 Å². The van der Waals surface area contributed by atoms with Crippen molar-refractivity contribution in [3.63, 3.8) is 0 Å². The van der Waals surface area contributed by atoms with E-state index in [9.17, 15) is 23.3 Å². The average Bonchev–Trinajstić information content (AvgIpc) is 2.64. The van der Waals surface area contributed by atoms with Crippen molar-refractivity contribution in [3.05, 3.63) is 53.1 Å². The molecule has 5 rings (SSSR count). The second kappa shape index (κ2) is 6.38. The summed E-state index contributed by atoms with van der Waals surface area (Å²) in [5.74, 6) is -0.740. The summed E-state index contributed by atoms with van der Waals surface area (Å²) in [7, 11) is -4.28. The largest absolute Gasteiger partial charge is 0.453 e. The van der Waals surface area contributed by atoms with Crippen LogP contribution in [0.2, 0.25) is 0 Å². The summed E-state index contributed by atoms with van der Waals surface area (Å²) in [6.07, 6.45) is 1.58. The van der Waals surface area contributed by atoms with E-state index in [4.69, 9.17) is 8.92 Å². The average molecular weight is 407 g/mol. The number of hydrogen-bond donors (Lipinski definition) is 0. The quantitative estimate of drug-likeness (QED) is 0.234. The molecule has 4 aliphatic carbocycles. The van der Waals surface area contributed by atoms with E-state index >= 15 is 0 Å². The highest BCUT2D eigenvalue weighted by atomic mass is 32.2. The van der Waals surface area contributed by atoms with E-state index in [0.29, 0.717) is 12.8 Å². The zero-order chi connectivity index (χ0) is 20.2. The summed E-state index contributed by atoms with van der Waals surface area (Å²) in [6, 6.07) is 7.49. The number of benzene rings is 1. The fourth-order valence-corrected chi connectivity index (χ4v) is 6.79. The number of carbonyl (C=O) groups is 1. The topological polar surface area (TPSA) is 113 Å². The molecule has 0 heterocycles. The molecule has 4 bridgehead atoms. The Morgan fingerprint density at radius 2 is 1.79 bits per heavy atom. The Morgan fingerprint density at radius 3 is 2.32 bits per heavy atom. The highest BCUT2D eigenvalue weighted by Gasteiger charge is 2.74. The normalized spacial score (nSPS) is 36.1. The maximum atomic E-state index is 12.9. The molecule has 0 aromatic heterocycles. The number of rotatable bonds is 6. The van der Waals surface area contributed by atoms with Crippen LogP contribution in [-0.4, -0.2) is 36.6 Å². The van der Waals surface area contributed by atoms with Gasteiger partial charge in [0.15, 0.2) is 6.10 Å². The molecule has 4 aliphatic rings. The van der Waals surface area contributed by atoms with Gasteiger partial charge in [-0.15, -0.1) is 0 Å². The first-order valence-electron chi connectivity index (χ1n) is 9.19. The number of esters is 1. The molecular formula is C19H21NO7S. The zero-order valence-corrected chi connectivity index (χ0v) is 16.0. The van der Waals surface area contributed by atoms with E-state index in [1.807, 2.05) is 0 Å². The third-order valence-electron chi connectivity index (χ3n) is 6.27. The maximum Gasteiger partial charge on any atom is 0.330 e. The van der Waals surface area contributed by atoms with Crippen LogP contribution in [0.1, 0.15) is 32.1 Å². The number of hydrogen-bond acceptors (Lipinski definition) is 7. The van der Waals surface area contributed by atoms with E-state index in [2.05, 4.69) is 6.58 Å². The maximum absolute atomic E-state index is 12.9. The molecule has 4 saturated carbocycles. The molecule has 4 fully saturated rings. The van der Waals surface area contributed by atoms with Gasteiger partial charge in [0.25, 0.3) is 15.7 Å². The predicted octanol–water partition coefficient (Wildman–Crippen LogP) is 2.47. The predicted molar refractivity (Wildman–Crippen MR) is 97.3 cm³/mol. The fraction of sp³-hybridized carbons (Fsp3) is 0.526. The van der Waals surface area contributed by atoms with Gasteiger partial charge in [-0.1, -0.05) is 24.8 Å². The van der Waals surface area contributed by atoms with Crippen LogP contribution in [0.5, 0.6) is 0 Å². The van der Waals surface area contributed by atoms with Gasteiger partial charge >= 0.3 is 5.97 Å². The third kappa shape index (κ3) is 2.84. The summed E-state index contributed by atoms with van der Waals surface area (Å²) in [6.45, 7) is 3.39. The van der Waals surface area contributed by atoms with Gasteiger partial charge in [-0.25, -0.2) is 4.79 Å². The zero-order valence-electron chi connectivity index (χ0n) is 15.2. The van der Waals surface area contributed by atoms with Crippen LogP contribution >= 0.6 is 0 Å². The Balaban J connectivity index is 1.79. The molecule has 3 atom stereocenters. The molecule has 1 aromatic rings. The SMILES string of the molecule is C=CC(=O)OC12CC3CC(C1)CC([N+](=O)[O-])(C3)C2OS(=O)(=O)c1ccccc1. The molecule has 0 radical (unpaired) electrons. The van der Waals surface area contributed by atoms with Gasteiger partial charge in [-0.3, -0.25) is 14.3 Å². The number of nitrogens with zero attached hydrogens (tertiary/aromatic N) is 1. The van der Waals surface area contributed by atoms with Crippen molar-refractivity contribution in [2.24, 2.45) is 11.8 Å². The van der Waals surface area contributed by atoms with Gasteiger partial charge in [0.2, 0.25) is 0 Å². The second-order valence-corrected chi connectivity index (χ2v) is 9.65. The summed E-state index contributed by atoms with van der Waals surface area (Å²) < 4.78 is 36.9. The number of ether oxygens (including phenoxy) is 1. The summed E-state index contributed by atoms with van der Waals surface area (Å²) in [4.78, 5) is 23.7. The highest BCUT2D eigenvalue weighted by molar-refractivity contribution is 7.86. The van der Waals surface area contributed by atoms with Crippen LogP contribution in [0, 0.1) is 22.0 Å². The smallest absolute Gasteiger partial charge is 0.330 e. The minimum atomic E-state index is -4.28. The molecule has 1 aromatic carbocycles. The first kappa shape index (κ1) is 19.1. The summed E-state index contributed by atoms with van der Waals surface area (Å²) >= 11 is 0. The minimum Gasteiger partial charge on any atom is -0.453 e. The van der Waals surface area contributed by atoms with Crippen molar-refractivity contribution in [3.8, 4) is 0 Å². The van der Waals surface area contributed by atoms with Crippen LogP contribution in [0.25, 0.3) is 0 Å². The third-order valence-corrected chi connectivity index (χ3v) is 7.57. The molecule has 150 valence electrons. The van der Waals surface area contributed by atoms with E-state index in [-0.39, 0.29) is 29.6 Å². The number of nitro groups is 1. The molecule has 3 unspecified atom stereocenters. The molecule has 0 N–H and O–H groups in total. The van der Waals surface area contributed by atoms with Crippen molar-refractivity contribution in [1.29, 1.82) is 0 Å². The first-order valence-corrected chi connectivity index (χ1v) is 10.6. The molecular weight excluding hydrogens is 386 g/mol. The van der Waals surface area contributed by atoms with Crippen molar-refractivity contribution in [2.75, 3.05) is 0 Å². The monoisotopic (exact) mass is 407 g/mol. The van der Waals surface area contributed by atoms with Crippen molar-refractivity contribution in [1.82, 2.24) is 0 Å². The molecule has 0 saturated heterocycles. The van der Waals surface area contributed by atoms with E-state index in [1.54, 1.807) is 18.2 Å². The Labute approximate surface area is 162 Å². The van der Waals surface area contributed by atoms with Crippen LogP contribution < -0.4 is 0 Å². The van der Waals surface area contributed by atoms with E-state index < -0.39 is 38.3 Å². The van der Waals surface area contributed by atoms with Crippen LogP contribution in [-0.2, 0) is 23.8 Å². The van der Waals surface area contributed by atoms with Gasteiger partial charge in [-0.05, 0) is 43.2 Å². The molecule has 0 aliphatic heterocycles. The lowest BCUT2D eigenvalue weighted by atomic mass is 9.49. The molecule has 0 amide bonds. The lowest BCUT2D eigenvalue weighted by Gasteiger charge is -2.59. The van der Waals surface area contributed by atoms with Crippen LogP contribution in [0.15, 0.2) is 47.9 Å². The van der Waals surface area contributed by atoms with Gasteiger partial charge in [0.1, 0.15) is 5.60 Å². The lowest BCUT2D eigenvalue weighted by molar-refractivity contribution is -0.605. The second-order valence-electron chi connectivity index (χ2n) is 8.08. The van der Waals surface area contributed by atoms with Gasteiger partial charge in [0, 0.05) is 23.8 Å². The molecule has 0 spiro atoms. The van der Waals surface area contributed by atoms with Crippen LogP contribution in [0.3, 0.4) is 0 Å². The van der Waals surface area contributed by atoms with Crippen LogP contribution in [0.4, 0.5) is 0 Å². The Hall–Kier alpha value is -2.26. The highest BCUT2D eigenvalue weighted by Crippen LogP contribution is 2.61. The summed E-state index contributed by atoms with van der Waals surface area (Å²) in [5.41, 5.74) is -2.93. The molecule has 28 heavy (non-hydrogen) atoms.